The fourth-order valence-corrected chi connectivity index (χ4v) is 3.24. The van der Waals surface area contributed by atoms with Gasteiger partial charge in [0.25, 0.3) is 0 Å². The van der Waals surface area contributed by atoms with Gasteiger partial charge in [-0.1, -0.05) is 0 Å². The molecule has 4 aliphatic heterocycles. The van der Waals surface area contributed by atoms with E-state index in [0.29, 0.717) is 12.1 Å². The van der Waals surface area contributed by atoms with E-state index in [-0.39, 0.29) is 24.8 Å². The van der Waals surface area contributed by atoms with Gasteiger partial charge in [-0.15, -0.1) is 24.8 Å². The highest BCUT2D eigenvalue weighted by molar-refractivity contribution is 5.85. The van der Waals surface area contributed by atoms with Gasteiger partial charge in [-0.05, 0) is 13.8 Å². The maximum atomic E-state index is 9.39. The average molecular weight is 357 g/mol. The number of nitrogens with one attached hydrogen (secondary N) is 2. The monoisotopic (exact) mass is 356 g/mol. The number of β-amino-alcohol motifs (C(OH)–C–C–N with tert-alkyl or cyclic N) is 2. The van der Waals surface area contributed by atoms with E-state index in [1.807, 2.05) is 13.8 Å². The van der Waals surface area contributed by atoms with E-state index >= 15 is 0 Å². The highest BCUT2D eigenvalue weighted by Crippen LogP contribution is 2.24. The molecule has 8 heteroatoms. The van der Waals surface area contributed by atoms with E-state index < -0.39 is 11.2 Å². The van der Waals surface area contributed by atoms with Crippen molar-refractivity contribution in [3.63, 3.8) is 0 Å². The molecule has 4 aliphatic rings. The van der Waals surface area contributed by atoms with Crippen molar-refractivity contribution in [1.29, 1.82) is 0 Å². The number of rotatable bonds is 2. The van der Waals surface area contributed by atoms with E-state index in [4.69, 9.17) is 0 Å². The smallest absolute Gasteiger partial charge is 0.0872 e. The highest BCUT2D eigenvalue weighted by Gasteiger charge is 2.42. The first kappa shape index (κ1) is 20.4. The molecule has 4 heterocycles. The van der Waals surface area contributed by atoms with Gasteiger partial charge in [0.15, 0.2) is 0 Å². The summed E-state index contributed by atoms with van der Waals surface area (Å²) in [6.07, 6.45) is 0. The van der Waals surface area contributed by atoms with Crippen LogP contribution in [0.15, 0.2) is 0 Å². The summed E-state index contributed by atoms with van der Waals surface area (Å²) in [6.45, 7) is 11.7. The Hall–Kier alpha value is 0.340. The Morgan fingerprint density at radius 3 is 1.14 bits per heavy atom. The topological polar surface area (TPSA) is 71.0 Å². The summed E-state index contributed by atoms with van der Waals surface area (Å²) in [5.41, 5.74) is -0.787. The lowest BCUT2D eigenvalue weighted by Gasteiger charge is -2.51. The number of hydrogen-bond acceptors (Lipinski definition) is 6. The molecule has 0 aliphatic carbocycles. The molecule has 0 saturated carbocycles. The van der Waals surface area contributed by atoms with E-state index in [1.165, 1.54) is 0 Å². The van der Waals surface area contributed by atoms with Gasteiger partial charge in [-0.2, -0.15) is 0 Å². The molecule has 0 bridgehead atoms. The lowest BCUT2D eigenvalue weighted by Crippen LogP contribution is -2.69. The lowest BCUT2D eigenvalue weighted by molar-refractivity contribution is -0.109. The second-order valence-corrected chi connectivity index (χ2v) is 7.43. The van der Waals surface area contributed by atoms with Crippen molar-refractivity contribution in [3.05, 3.63) is 0 Å². The van der Waals surface area contributed by atoms with Gasteiger partial charge in [-0.25, -0.2) is 0 Å². The summed E-state index contributed by atoms with van der Waals surface area (Å²) >= 11 is 0. The molecular weight excluding hydrogens is 327 g/mol. The van der Waals surface area contributed by atoms with Gasteiger partial charge in [0.1, 0.15) is 0 Å². The van der Waals surface area contributed by atoms with E-state index in [9.17, 15) is 10.2 Å². The minimum absolute atomic E-state index is 0. The third kappa shape index (κ3) is 4.68. The third-order valence-corrected chi connectivity index (χ3v) is 4.73. The number of aliphatic hydroxyl groups is 2. The number of likely N-dealkylation sites (tertiary alicyclic amines) is 2. The first-order chi connectivity index (χ1) is 9.35. The van der Waals surface area contributed by atoms with Crippen LogP contribution in [0.2, 0.25) is 0 Å². The third-order valence-electron chi connectivity index (χ3n) is 4.73. The zero-order valence-electron chi connectivity index (χ0n) is 13.4. The molecule has 0 spiro atoms. The first-order valence-corrected chi connectivity index (χ1v) is 7.69. The molecule has 0 aromatic rings. The summed E-state index contributed by atoms with van der Waals surface area (Å²) in [5, 5.41) is 25.2. The second-order valence-electron chi connectivity index (χ2n) is 7.43. The van der Waals surface area contributed by atoms with Crippen LogP contribution in [-0.4, -0.2) is 95.7 Å². The van der Waals surface area contributed by atoms with Gasteiger partial charge in [0.2, 0.25) is 0 Å². The number of nitrogens with zero attached hydrogens (tertiary/aromatic N) is 2. The van der Waals surface area contributed by atoms with Gasteiger partial charge < -0.3 is 20.8 Å². The maximum absolute atomic E-state index is 9.39. The van der Waals surface area contributed by atoms with E-state index in [0.717, 1.165) is 52.4 Å². The molecule has 4 rings (SSSR count). The van der Waals surface area contributed by atoms with Crippen LogP contribution in [0.3, 0.4) is 0 Å². The Bertz CT molecular complexity index is 313. The Morgan fingerprint density at radius 1 is 0.727 bits per heavy atom. The molecule has 4 fully saturated rings. The minimum atomic E-state index is -0.393. The summed E-state index contributed by atoms with van der Waals surface area (Å²) < 4.78 is 0. The zero-order chi connectivity index (χ0) is 14.4. The molecule has 22 heavy (non-hydrogen) atoms. The predicted octanol–water partition coefficient (Wildman–Crippen LogP) is -1.11. The van der Waals surface area contributed by atoms with Gasteiger partial charge in [0, 0.05) is 64.4 Å². The maximum Gasteiger partial charge on any atom is 0.0872 e. The molecule has 0 radical (unpaired) electrons. The minimum Gasteiger partial charge on any atom is -0.388 e. The normalized spacial score (nSPS) is 30.0. The van der Waals surface area contributed by atoms with Crippen LogP contribution >= 0.6 is 24.8 Å². The standard InChI is InChI=1S/2C7H14N2O.2ClH/c2*1-7(10)4-9(5-7)6-2-8-3-6;;/h2*6,8,10H,2-5H2,1H3;2*1H. The van der Waals surface area contributed by atoms with Crippen molar-refractivity contribution in [1.82, 2.24) is 20.4 Å². The van der Waals surface area contributed by atoms with E-state index in [1.54, 1.807) is 0 Å². The summed E-state index contributed by atoms with van der Waals surface area (Å²) in [4.78, 5) is 4.66. The van der Waals surface area contributed by atoms with Crippen LogP contribution in [0.1, 0.15) is 13.8 Å². The van der Waals surface area contributed by atoms with Crippen molar-refractivity contribution in [2.45, 2.75) is 37.1 Å². The second kappa shape index (κ2) is 7.49. The number of hydrogen-bond donors (Lipinski definition) is 4. The molecule has 0 atom stereocenters. The van der Waals surface area contributed by atoms with Gasteiger partial charge in [0.05, 0.1) is 11.2 Å². The largest absolute Gasteiger partial charge is 0.388 e. The quantitative estimate of drug-likeness (QED) is 0.503. The molecule has 132 valence electrons. The molecule has 0 aromatic carbocycles. The SMILES string of the molecule is CC1(O)CN(C2CNC2)C1.CC1(O)CN(C2CNC2)C1.Cl.Cl. The average Bonchev–Trinajstić information content (AvgIpc) is 2.07. The summed E-state index contributed by atoms with van der Waals surface area (Å²) in [7, 11) is 0. The summed E-state index contributed by atoms with van der Waals surface area (Å²) in [5.74, 6) is 0. The van der Waals surface area contributed by atoms with Crippen LogP contribution in [0.25, 0.3) is 0 Å². The Labute approximate surface area is 145 Å². The molecule has 4 saturated heterocycles. The van der Waals surface area contributed by atoms with Crippen LogP contribution in [0, 0.1) is 0 Å². The Kier molecular flexibility index (Phi) is 6.94. The molecular formula is C14H30Cl2N4O2. The van der Waals surface area contributed by atoms with Crippen LogP contribution in [-0.2, 0) is 0 Å². The Balaban J connectivity index is 0.000000202. The van der Waals surface area contributed by atoms with Crippen LogP contribution in [0.4, 0.5) is 0 Å². The molecule has 0 amide bonds. The predicted molar refractivity (Wildman–Crippen MR) is 92.2 cm³/mol. The van der Waals surface area contributed by atoms with Crippen molar-refractivity contribution in [2.24, 2.45) is 0 Å². The van der Waals surface area contributed by atoms with Crippen molar-refractivity contribution in [3.8, 4) is 0 Å². The Morgan fingerprint density at radius 2 is 1.00 bits per heavy atom. The molecule has 6 nitrogen and oxygen atoms in total. The number of halogens is 2. The molecule has 4 N–H and O–H groups in total. The fraction of sp³-hybridized carbons (Fsp3) is 1.00. The van der Waals surface area contributed by atoms with Crippen molar-refractivity contribution >= 4 is 24.8 Å². The lowest BCUT2D eigenvalue weighted by atomic mass is 9.93. The zero-order valence-corrected chi connectivity index (χ0v) is 15.0. The van der Waals surface area contributed by atoms with Gasteiger partial charge >= 0.3 is 0 Å². The van der Waals surface area contributed by atoms with E-state index in [2.05, 4.69) is 20.4 Å². The molecule has 0 aromatic heterocycles. The van der Waals surface area contributed by atoms with Crippen molar-refractivity contribution in [2.75, 3.05) is 52.4 Å². The van der Waals surface area contributed by atoms with Crippen LogP contribution < -0.4 is 10.6 Å². The fourth-order valence-electron chi connectivity index (χ4n) is 3.24. The summed E-state index contributed by atoms with van der Waals surface area (Å²) in [6, 6.07) is 1.42. The van der Waals surface area contributed by atoms with Crippen molar-refractivity contribution < 1.29 is 10.2 Å². The highest BCUT2D eigenvalue weighted by atomic mass is 35.5. The van der Waals surface area contributed by atoms with Crippen LogP contribution in [0.5, 0.6) is 0 Å². The molecule has 0 unspecified atom stereocenters. The van der Waals surface area contributed by atoms with Gasteiger partial charge in [-0.3, -0.25) is 9.80 Å². The first-order valence-electron chi connectivity index (χ1n) is 7.69.